The lowest BCUT2D eigenvalue weighted by Gasteiger charge is -2.47. The van der Waals surface area contributed by atoms with Gasteiger partial charge < -0.3 is 0 Å². The Labute approximate surface area is 177 Å². The normalized spacial score (nSPS) is 22.2. The molecule has 0 radical (unpaired) electrons. The number of hydrogen-bond donors (Lipinski definition) is 0. The van der Waals surface area contributed by atoms with Gasteiger partial charge in [0.25, 0.3) is 0 Å². The SMILES string of the molecule is C[C@@H]1CN([C@@H](c2ccccc2)c2ccsc2)[C@@H](C)CN1Cc1cccc(Cl)c1. The molecule has 2 aromatic carbocycles. The lowest BCUT2D eigenvalue weighted by Crippen LogP contribution is -2.56. The summed E-state index contributed by atoms with van der Waals surface area (Å²) in [6.45, 7) is 7.77. The molecule has 2 heterocycles. The van der Waals surface area contributed by atoms with Gasteiger partial charge in [-0.2, -0.15) is 11.3 Å². The fraction of sp³-hybridized carbons (Fsp3) is 0.333. The van der Waals surface area contributed by atoms with Crippen LogP contribution in [0.1, 0.15) is 36.6 Å². The summed E-state index contributed by atoms with van der Waals surface area (Å²) in [6.07, 6.45) is 0. The van der Waals surface area contributed by atoms with Gasteiger partial charge in [0.1, 0.15) is 0 Å². The maximum absolute atomic E-state index is 6.19. The van der Waals surface area contributed by atoms with E-state index in [0.29, 0.717) is 18.1 Å². The maximum Gasteiger partial charge on any atom is 0.0613 e. The van der Waals surface area contributed by atoms with E-state index in [1.54, 1.807) is 11.3 Å². The van der Waals surface area contributed by atoms with Gasteiger partial charge in [-0.1, -0.05) is 54.1 Å². The van der Waals surface area contributed by atoms with Crippen molar-refractivity contribution in [2.24, 2.45) is 0 Å². The van der Waals surface area contributed by atoms with E-state index >= 15 is 0 Å². The van der Waals surface area contributed by atoms with Gasteiger partial charge in [0.15, 0.2) is 0 Å². The summed E-state index contributed by atoms with van der Waals surface area (Å²) in [7, 11) is 0. The van der Waals surface area contributed by atoms with Crippen LogP contribution in [0.5, 0.6) is 0 Å². The zero-order valence-corrected chi connectivity index (χ0v) is 18.0. The van der Waals surface area contributed by atoms with E-state index in [-0.39, 0.29) is 0 Å². The Kier molecular flexibility index (Phi) is 6.17. The van der Waals surface area contributed by atoms with Crippen LogP contribution in [-0.4, -0.2) is 35.0 Å². The van der Waals surface area contributed by atoms with E-state index in [1.165, 1.54) is 16.7 Å². The molecule has 4 heteroatoms. The van der Waals surface area contributed by atoms with Gasteiger partial charge in [-0.25, -0.2) is 0 Å². The van der Waals surface area contributed by atoms with Crippen molar-refractivity contribution in [1.29, 1.82) is 0 Å². The number of rotatable bonds is 5. The average Bonchev–Trinajstić information content (AvgIpc) is 3.21. The van der Waals surface area contributed by atoms with Gasteiger partial charge >= 0.3 is 0 Å². The summed E-state index contributed by atoms with van der Waals surface area (Å²) < 4.78 is 0. The first-order valence-electron chi connectivity index (χ1n) is 9.93. The predicted molar refractivity (Wildman–Crippen MR) is 120 cm³/mol. The number of benzene rings is 2. The third-order valence-electron chi connectivity index (χ3n) is 5.74. The molecule has 1 aliphatic rings. The Morgan fingerprint density at radius 1 is 0.964 bits per heavy atom. The van der Waals surface area contributed by atoms with E-state index < -0.39 is 0 Å². The standard InChI is InChI=1S/C24H27ClN2S/c1-18-15-27(19(2)14-26(18)16-20-7-6-10-23(25)13-20)24(22-11-12-28-17-22)21-8-4-3-5-9-21/h3-13,17-19,24H,14-16H2,1-2H3/t18-,19+,24+/m1/s1. The van der Waals surface area contributed by atoms with E-state index in [2.05, 4.69) is 82.9 Å². The zero-order valence-electron chi connectivity index (χ0n) is 16.5. The van der Waals surface area contributed by atoms with Crippen molar-refractivity contribution < 1.29 is 0 Å². The third-order valence-corrected chi connectivity index (χ3v) is 6.68. The first kappa shape index (κ1) is 19.7. The molecule has 2 nitrogen and oxygen atoms in total. The van der Waals surface area contributed by atoms with Crippen molar-refractivity contribution in [1.82, 2.24) is 9.80 Å². The molecule has 0 spiro atoms. The van der Waals surface area contributed by atoms with Crippen molar-refractivity contribution in [3.8, 4) is 0 Å². The van der Waals surface area contributed by atoms with Gasteiger partial charge in [0, 0.05) is 36.7 Å². The fourth-order valence-electron chi connectivity index (χ4n) is 4.32. The van der Waals surface area contributed by atoms with Crippen molar-refractivity contribution in [3.05, 3.63) is 93.1 Å². The molecule has 0 saturated carbocycles. The maximum atomic E-state index is 6.19. The van der Waals surface area contributed by atoms with Crippen LogP contribution in [-0.2, 0) is 6.54 Å². The largest absolute Gasteiger partial charge is 0.294 e. The van der Waals surface area contributed by atoms with Crippen molar-refractivity contribution in [2.45, 2.75) is 38.5 Å². The summed E-state index contributed by atoms with van der Waals surface area (Å²) in [6, 6.07) is 22.7. The Morgan fingerprint density at radius 2 is 1.79 bits per heavy atom. The Morgan fingerprint density at radius 3 is 2.50 bits per heavy atom. The number of piperazine rings is 1. The van der Waals surface area contributed by atoms with E-state index in [4.69, 9.17) is 11.6 Å². The van der Waals surface area contributed by atoms with Gasteiger partial charge in [-0.3, -0.25) is 9.80 Å². The second-order valence-corrected chi connectivity index (χ2v) is 9.04. The summed E-state index contributed by atoms with van der Waals surface area (Å²) in [5.41, 5.74) is 4.07. The molecule has 146 valence electrons. The van der Waals surface area contributed by atoms with Gasteiger partial charge in [0.05, 0.1) is 6.04 Å². The molecule has 4 rings (SSSR count). The van der Waals surface area contributed by atoms with Crippen LogP contribution in [0.4, 0.5) is 0 Å². The van der Waals surface area contributed by atoms with Crippen LogP contribution in [0.3, 0.4) is 0 Å². The average molecular weight is 411 g/mol. The molecule has 1 saturated heterocycles. The van der Waals surface area contributed by atoms with Crippen LogP contribution in [0, 0.1) is 0 Å². The molecule has 0 N–H and O–H groups in total. The topological polar surface area (TPSA) is 6.48 Å². The van der Waals surface area contributed by atoms with Crippen molar-refractivity contribution >= 4 is 22.9 Å². The van der Waals surface area contributed by atoms with Crippen LogP contribution in [0.25, 0.3) is 0 Å². The van der Waals surface area contributed by atoms with Gasteiger partial charge in [-0.15, -0.1) is 0 Å². The molecule has 0 amide bonds. The second-order valence-electron chi connectivity index (χ2n) is 7.82. The molecule has 0 aliphatic carbocycles. The fourth-order valence-corrected chi connectivity index (χ4v) is 5.21. The molecule has 3 atom stereocenters. The molecule has 0 bridgehead atoms. The highest BCUT2D eigenvalue weighted by Gasteiger charge is 2.34. The van der Waals surface area contributed by atoms with E-state index in [1.807, 2.05) is 12.1 Å². The highest BCUT2D eigenvalue weighted by Crippen LogP contribution is 2.34. The summed E-state index contributed by atoms with van der Waals surface area (Å²) >= 11 is 7.97. The van der Waals surface area contributed by atoms with Gasteiger partial charge in [0.2, 0.25) is 0 Å². The summed E-state index contributed by atoms with van der Waals surface area (Å²) in [5, 5.41) is 5.31. The van der Waals surface area contributed by atoms with Crippen LogP contribution in [0.15, 0.2) is 71.4 Å². The minimum absolute atomic E-state index is 0.318. The lowest BCUT2D eigenvalue weighted by molar-refractivity contribution is 0.0196. The van der Waals surface area contributed by atoms with Gasteiger partial charge in [-0.05, 0) is 59.5 Å². The molecule has 1 aromatic heterocycles. The third kappa shape index (κ3) is 4.33. The highest BCUT2D eigenvalue weighted by molar-refractivity contribution is 7.08. The number of halogens is 1. The molecule has 0 unspecified atom stereocenters. The molecule has 3 aromatic rings. The number of hydrogen-bond acceptors (Lipinski definition) is 3. The van der Waals surface area contributed by atoms with Crippen molar-refractivity contribution in [3.63, 3.8) is 0 Å². The first-order valence-corrected chi connectivity index (χ1v) is 11.2. The predicted octanol–water partition coefficient (Wildman–Crippen LogP) is 6.09. The molecule has 1 aliphatic heterocycles. The molecule has 1 fully saturated rings. The molecular formula is C24H27ClN2S. The molecular weight excluding hydrogens is 384 g/mol. The quantitative estimate of drug-likeness (QED) is 0.502. The summed E-state index contributed by atoms with van der Waals surface area (Å²) in [4.78, 5) is 5.26. The highest BCUT2D eigenvalue weighted by atomic mass is 35.5. The number of thiophene rings is 1. The minimum atomic E-state index is 0.318. The monoisotopic (exact) mass is 410 g/mol. The van der Waals surface area contributed by atoms with Crippen molar-refractivity contribution in [2.75, 3.05) is 13.1 Å². The summed E-state index contributed by atoms with van der Waals surface area (Å²) in [5.74, 6) is 0. The van der Waals surface area contributed by atoms with Crippen LogP contribution < -0.4 is 0 Å². The second kappa shape index (κ2) is 8.79. The minimum Gasteiger partial charge on any atom is -0.294 e. The Hall–Kier alpha value is -1.65. The Bertz CT molecular complexity index is 881. The van der Waals surface area contributed by atoms with Crippen LogP contribution in [0.2, 0.25) is 5.02 Å². The Balaban J connectivity index is 1.55. The number of nitrogens with zero attached hydrogens (tertiary/aromatic N) is 2. The van der Waals surface area contributed by atoms with E-state index in [0.717, 1.165) is 24.7 Å². The molecule has 28 heavy (non-hydrogen) atoms. The first-order chi connectivity index (χ1) is 13.6. The smallest absolute Gasteiger partial charge is 0.0613 e. The van der Waals surface area contributed by atoms with Crippen LogP contribution >= 0.6 is 22.9 Å². The lowest BCUT2D eigenvalue weighted by atomic mass is 9.95. The van der Waals surface area contributed by atoms with E-state index in [9.17, 15) is 0 Å². The zero-order chi connectivity index (χ0) is 19.5.